The lowest BCUT2D eigenvalue weighted by atomic mass is 10.1. The van der Waals surface area contributed by atoms with Gasteiger partial charge in [0.1, 0.15) is 5.69 Å². The summed E-state index contributed by atoms with van der Waals surface area (Å²) >= 11 is 0. The van der Waals surface area contributed by atoms with Gasteiger partial charge in [0, 0.05) is 0 Å². The molecule has 1 rings (SSSR count). The molecule has 4 heteroatoms. The summed E-state index contributed by atoms with van der Waals surface area (Å²) in [6.07, 6.45) is 0. The van der Waals surface area contributed by atoms with Gasteiger partial charge in [0.2, 0.25) is 5.75 Å². The zero-order chi connectivity index (χ0) is 15.2. The second-order valence-corrected chi connectivity index (χ2v) is 7.87. The molecule has 1 aromatic rings. The van der Waals surface area contributed by atoms with Crippen LogP contribution in [-0.4, -0.2) is 68.5 Å². The van der Waals surface area contributed by atoms with Gasteiger partial charge in [0.05, 0.1) is 75.6 Å². The van der Waals surface area contributed by atoms with Gasteiger partial charge < -0.3 is 5.11 Å². The minimum Gasteiger partial charge on any atom is -0.499 e. The van der Waals surface area contributed by atoms with Crippen molar-refractivity contribution in [1.82, 2.24) is 13.4 Å². The van der Waals surface area contributed by atoms with E-state index in [4.69, 9.17) is 0 Å². The van der Waals surface area contributed by atoms with Gasteiger partial charge in [-0.1, -0.05) is 0 Å². The predicted molar refractivity (Wildman–Crippen MR) is 86.8 cm³/mol. The standard InChI is InChI=1S/C15H29N3O/c1-16(2,3)12-10-13(17(4,5)6)15(19)14(11-12)18(7,8)9/h10-11H,1-9H3/q+2/p+1. The lowest BCUT2D eigenvalue weighted by Crippen LogP contribution is -2.40. The Morgan fingerprint density at radius 1 is 0.632 bits per heavy atom. The Bertz CT molecular complexity index is 439. The number of quaternary nitrogens is 3. The second-order valence-electron chi connectivity index (χ2n) is 7.87. The highest BCUT2D eigenvalue weighted by Gasteiger charge is 2.31. The quantitative estimate of drug-likeness (QED) is 0.831. The van der Waals surface area contributed by atoms with E-state index in [9.17, 15) is 5.11 Å². The van der Waals surface area contributed by atoms with E-state index in [0.29, 0.717) is 14.7 Å². The van der Waals surface area contributed by atoms with Crippen LogP contribution >= 0.6 is 0 Å². The third-order valence-corrected chi connectivity index (χ3v) is 3.27. The van der Waals surface area contributed by atoms with Crippen LogP contribution in [-0.2, 0) is 0 Å². The van der Waals surface area contributed by atoms with Gasteiger partial charge in [-0.2, -0.15) is 0 Å². The number of aromatic hydroxyl groups is 1. The Labute approximate surface area is 117 Å². The summed E-state index contributed by atoms with van der Waals surface area (Å²) in [6.45, 7) is 0. The molecule has 0 atom stereocenters. The van der Waals surface area contributed by atoms with Crippen LogP contribution in [0.5, 0.6) is 5.75 Å². The summed E-state index contributed by atoms with van der Waals surface area (Å²) in [4.78, 5) is 0. The van der Waals surface area contributed by atoms with Gasteiger partial charge in [0.25, 0.3) is 0 Å². The molecule has 0 amide bonds. The van der Waals surface area contributed by atoms with Crippen LogP contribution in [0.3, 0.4) is 0 Å². The number of hydrogen-bond acceptors (Lipinski definition) is 1. The summed E-state index contributed by atoms with van der Waals surface area (Å²) in [5.74, 6) is 0.400. The zero-order valence-corrected chi connectivity index (χ0v) is 13.9. The molecule has 0 aliphatic rings. The Balaban J connectivity index is 3.68. The third kappa shape index (κ3) is 3.47. The topological polar surface area (TPSA) is 20.2 Å². The number of phenols is 1. The monoisotopic (exact) mass is 268 g/mol. The Morgan fingerprint density at radius 3 is 1.16 bits per heavy atom. The molecule has 0 bridgehead atoms. The largest absolute Gasteiger partial charge is 0.499 e. The normalized spacial score (nSPS) is 13.7. The molecule has 0 saturated heterocycles. The Hall–Kier alpha value is -1.10. The fourth-order valence-corrected chi connectivity index (χ4v) is 2.00. The molecule has 0 aromatic heterocycles. The van der Waals surface area contributed by atoms with E-state index in [1.807, 2.05) is 0 Å². The van der Waals surface area contributed by atoms with E-state index in [2.05, 4.69) is 75.6 Å². The maximum atomic E-state index is 10.6. The van der Waals surface area contributed by atoms with Crippen molar-refractivity contribution >= 4 is 17.1 Å². The van der Waals surface area contributed by atoms with E-state index >= 15 is 0 Å². The molecule has 19 heavy (non-hydrogen) atoms. The van der Waals surface area contributed by atoms with Crippen LogP contribution in [0.1, 0.15) is 0 Å². The third-order valence-electron chi connectivity index (χ3n) is 3.27. The summed E-state index contributed by atoms with van der Waals surface area (Å²) in [6, 6.07) is 4.21. The van der Waals surface area contributed by atoms with Crippen molar-refractivity contribution in [3.05, 3.63) is 12.1 Å². The van der Waals surface area contributed by atoms with E-state index in [1.165, 1.54) is 5.69 Å². The molecule has 0 saturated carbocycles. The summed E-state index contributed by atoms with van der Waals surface area (Å²) in [5.41, 5.74) is 3.10. The Morgan fingerprint density at radius 2 is 0.947 bits per heavy atom. The SMILES string of the molecule is C[N+](C)(C)c1cc([N+](C)(C)C)c(O)c([N+](C)(C)C)c1. The fourth-order valence-electron chi connectivity index (χ4n) is 2.00. The number of phenolic OH excluding ortho intramolecular Hbond substituents is 1. The van der Waals surface area contributed by atoms with Crippen LogP contribution in [0.2, 0.25) is 0 Å². The average Bonchev–Trinajstić information content (AvgIpc) is 2.11. The fraction of sp³-hybridized carbons (Fsp3) is 0.600. The maximum Gasteiger partial charge on any atom is 0.240 e. The van der Waals surface area contributed by atoms with Crippen molar-refractivity contribution in [3.8, 4) is 5.75 Å². The van der Waals surface area contributed by atoms with Crippen molar-refractivity contribution < 1.29 is 5.11 Å². The van der Waals surface area contributed by atoms with Crippen LogP contribution in [0.4, 0.5) is 17.1 Å². The van der Waals surface area contributed by atoms with Crippen molar-refractivity contribution in [1.29, 1.82) is 0 Å². The number of hydrogen-bond donors (Lipinski definition) is 1. The zero-order valence-electron chi connectivity index (χ0n) is 13.9. The second kappa shape index (κ2) is 4.47. The van der Waals surface area contributed by atoms with Gasteiger partial charge >= 0.3 is 0 Å². The molecule has 108 valence electrons. The predicted octanol–water partition coefficient (Wildman–Crippen LogP) is 1.98. The Kier molecular flexibility index (Phi) is 3.76. The molecular weight excluding hydrogens is 238 g/mol. The molecular formula is C15H30N3O+3. The summed E-state index contributed by atoms with van der Waals surface area (Å²) < 4.78 is 1.94. The molecule has 0 aliphatic heterocycles. The van der Waals surface area contributed by atoms with Crippen LogP contribution in [0.25, 0.3) is 0 Å². The number of rotatable bonds is 3. The highest BCUT2D eigenvalue weighted by atomic mass is 16.3. The average molecular weight is 268 g/mol. The minimum atomic E-state index is 0.400. The smallest absolute Gasteiger partial charge is 0.240 e. The van der Waals surface area contributed by atoms with Crippen LogP contribution < -0.4 is 13.4 Å². The molecule has 4 nitrogen and oxygen atoms in total. The molecule has 1 N–H and O–H groups in total. The van der Waals surface area contributed by atoms with Crippen LogP contribution in [0, 0.1) is 0 Å². The first kappa shape index (κ1) is 16.0. The van der Waals surface area contributed by atoms with Crippen molar-refractivity contribution in [2.24, 2.45) is 0 Å². The lowest BCUT2D eigenvalue weighted by molar-refractivity contribution is 0.398. The summed E-state index contributed by atoms with van der Waals surface area (Å²) in [7, 11) is 18.9. The van der Waals surface area contributed by atoms with Crippen molar-refractivity contribution in [3.63, 3.8) is 0 Å². The van der Waals surface area contributed by atoms with Gasteiger partial charge in [-0.15, -0.1) is 0 Å². The number of nitrogens with zero attached hydrogens (tertiary/aromatic N) is 3. The van der Waals surface area contributed by atoms with Gasteiger partial charge in [-0.05, 0) is 0 Å². The van der Waals surface area contributed by atoms with E-state index in [-0.39, 0.29) is 0 Å². The number of benzene rings is 1. The molecule has 0 radical (unpaired) electrons. The first-order valence-corrected chi connectivity index (χ1v) is 6.57. The van der Waals surface area contributed by atoms with Gasteiger partial charge in [-0.25, -0.2) is 0 Å². The highest BCUT2D eigenvalue weighted by Crippen LogP contribution is 2.43. The first-order valence-electron chi connectivity index (χ1n) is 6.57. The minimum absolute atomic E-state index is 0.400. The first-order chi connectivity index (χ1) is 8.24. The van der Waals surface area contributed by atoms with Gasteiger partial charge in [-0.3, -0.25) is 13.4 Å². The van der Waals surface area contributed by atoms with Crippen LogP contribution in [0.15, 0.2) is 12.1 Å². The molecule has 0 aliphatic carbocycles. The molecule has 0 spiro atoms. The van der Waals surface area contributed by atoms with E-state index in [0.717, 1.165) is 15.9 Å². The highest BCUT2D eigenvalue weighted by molar-refractivity contribution is 5.75. The molecule has 1 aromatic carbocycles. The van der Waals surface area contributed by atoms with Crippen molar-refractivity contribution in [2.75, 3.05) is 63.4 Å². The molecule has 0 heterocycles. The van der Waals surface area contributed by atoms with Crippen molar-refractivity contribution in [2.45, 2.75) is 0 Å². The summed E-state index contributed by atoms with van der Waals surface area (Å²) in [5, 5.41) is 10.6. The lowest BCUT2D eigenvalue weighted by Gasteiger charge is -2.32. The maximum absolute atomic E-state index is 10.6. The van der Waals surface area contributed by atoms with E-state index in [1.54, 1.807) is 0 Å². The van der Waals surface area contributed by atoms with Gasteiger partial charge in [0.15, 0.2) is 11.4 Å². The molecule has 0 fully saturated rings. The molecule has 0 unspecified atom stereocenters. The van der Waals surface area contributed by atoms with E-state index < -0.39 is 0 Å².